The molecule has 1 fully saturated rings. The van der Waals surface area contributed by atoms with Crippen LogP contribution in [0.15, 0.2) is 66.7 Å². The van der Waals surface area contributed by atoms with Gasteiger partial charge in [-0.05, 0) is 85.9 Å². The van der Waals surface area contributed by atoms with Crippen molar-refractivity contribution in [3.8, 4) is 0 Å². The zero-order valence-electron chi connectivity index (χ0n) is 22.7. The number of amides is 1. The molecule has 0 aliphatic carbocycles. The van der Waals surface area contributed by atoms with Gasteiger partial charge in [-0.3, -0.25) is 9.69 Å². The minimum Gasteiger partial charge on any atom is -0.365 e. The molecule has 1 aliphatic rings. The van der Waals surface area contributed by atoms with E-state index < -0.39 is 0 Å². The summed E-state index contributed by atoms with van der Waals surface area (Å²) in [5.41, 5.74) is 4.92. The van der Waals surface area contributed by atoms with Crippen molar-refractivity contribution >= 4 is 34.3 Å². The lowest BCUT2D eigenvalue weighted by atomic mass is 9.95. The van der Waals surface area contributed by atoms with E-state index in [1.54, 1.807) is 12.1 Å². The van der Waals surface area contributed by atoms with Crippen LogP contribution in [0.3, 0.4) is 0 Å². The first-order valence-electron chi connectivity index (χ1n) is 13.4. The molecule has 39 heavy (non-hydrogen) atoms. The predicted molar refractivity (Wildman–Crippen MR) is 155 cm³/mol. The third-order valence-electron chi connectivity index (χ3n) is 7.18. The zero-order valence-corrected chi connectivity index (χ0v) is 22.7. The minimum absolute atomic E-state index is 0.0179. The number of carbonyl (C=O) groups is 1. The summed E-state index contributed by atoms with van der Waals surface area (Å²) in [5.74, 6) is 1.29. The van der Waals surface area contributed by atoms with Crippen LogP contribution in [0.1, 0.15) is 29.5 Å². The molecule has 3 aromatic carbocycles. The summed E-state index contributed by atoms with van der Waals surface area (Å²) >= 11 is 0. The monoisotopic (exact) mass is 526 g/mol. The van der Waals surface area contributed by atoms with Crippen LogP contribution in [0.25, 0.3) is 10.9 Å². The maximum atomic E-state index is 13.5. The lowest BCUT2D eigenvalue weighted by molar-refractivity contribution is -0.121. The molecule has 1 aromatic heterocycles. The van der Waals surface area contributed by atoms with Gasteiger partial charge < -0.3 is 15.5 Å². The highest BCUT2D eigenvalue weighted by molar-refractivity contribution is 5.92. The average molecular weight is 527 g/mol. The molecule has 0 bridgehead atoms. The molecule has 0 spiro atoms. The van der Waals surface area contributed by atoms with Gasteiger partial charge in [-0.2, -0.15) is 4.98 Å². The van der Waals surface area contributed by atoms with E-state index in [-0.39, 0.29) is 17.6 Å². The number of hydrogen-bond acceptors (Lipinski definition) is 6. The Hall–Kier alpha value is -4.04. The van der Waals surface area contributed by atoms with Gasteiger partial charge >= 0.3 is 0 Å². The largest absolute Gasteiger partial charge is 0.365 e. The summed E-state index contributed by atoms with van der Waals surface area (Å²) in [4.78, 5) is 26.5. The van der Waals surface area contributed by atoms with Crippen LogP contribution in [0.5, 0.6) is 0 Å². The van der Waals surface area contributed by atoms with Gasteiger partial charge in [0.15, 0.2) is 0 Å². The Labute approximate surface area is 229 Å². The molecule has 7 nitrogen and oxygen atoms in total. The second kappa shape index (κ2) is 11.8. The van der Waals surface area contributed by atoms with Gasteiger partial charge in [-0.25, -0.2) is 9.37 Å². The van der Waals surface area contributed by atoms with Gasteiger partial charge in [0.2, 0.25) is 11.9 Å². The van der Waals surface area contributed by atoms with E-state index in [0.717, 1.165) is 65.0 Å². The van der Waals surface area contributed by atoms with E-state index in [4.69, 9.17) is 4.98 Å². The highest BCUT2D eigenvalue weighted by Crippen LogP contribution is 2.25. The lowest BCUT2D eigenvalue weighted by Crippen LogP contribution is -2.37. The van der Waals surface area contributed by atoms with E-state index in [0.29, 0.717) is 19.0 Å². The summed E-state index contributed by atoms with van der Waals surface area (Å²) in [6, 6.07) is 20.8. The fourth-order valence-electron chi connectivity index (χ4n) is 4.94. The van der Waals surface area contributed by atoms with Crippen LogP contribution in [0, 0.1) is 18.7 Å². The highest BCUT2D eigenvalue weighted by Gasteiger charge is 2.25. The molecule has 1 aliphatic heterocycles. The molecule has 0 saturated carbocycles. The minimum atomic E-state index is -0.209. The number of likely N-dealkylation sites (tertiary alicyclic amines) is 1. The Morgan fingerprint density at radius 3 is 2.49 bits per heavy atom. The number of anilines is 3. The Balaban J connectivity index is 1.14. The van der Waals surface area contributed by atoms with E-state index in [1.165, 1.54) is 6.07 Å². The van der Waals surface area contributed by atoms with Crippen LogP contribution in [0.2, 0.25) is 0 Å². The van der Waals surface area contributed by atoms with Gasteiger partial charge in [0.05, 0.1) is 5.52 Å². The van der Waals surface area contributed by atoms with Crippen molar-refractivity contribution in [3.05, 3.63) is 89.2 Å². The standard InChI is InChI=1S/C31H35FN6O/c1-21-7-12-27-28(17-21)35-31(37(2)3)36-29(27)33-19-22-8-10-26(11-9-22)34-30(39)24-13-15-38(16-14-24)20-23-5-4-6-25(32)18-23/h4-12,17-18,24H,13-16,19-20H2,1-3H3,(H,34,39)(H,33,35,36). The van der Waals surface area contributed by atoms with Crippen LogP contribution < -0.4 is 15.5 Å². The summed E-state index contributed by atoms with van der Waals surface area (Å²) in [5, 5.41) is 7.53. The Kier molecular flexibility index (Phi) is 8.02. The van der Waals surface area contributed by atoms with Crippen molar-refractivity contribution < 1.29 is 9.18 Å². The summed E-state index contributed by atoms with van der Waals surface area (Å²) in [6.07, 6.45) is 1.59. The van der Waals surface area contributed by atoms with E-state index >= 15 is 0 Å². The maximum absolute atomic E-state index is 13.5. The van der Waals surface area contributed by atoms with Crippen molar-refractivity contribution in [2.75, 3.05) is 42.7 Å². The molecule has 8 heteroatoms. The van der Waals surface area contributed by atoms with Crippen molar-refractivity contribution in [1.82, 2.24) is 14.9 Å². The molecule has 1 amide bonds. The third-order valence-corrected chi connectivity index (χ3v) is 7.18. The molecule has 0 unspecified atom stereocenters. The number of aryl methyl sites for hydroxylation is 1. The van der Waals surface area contributed by atoms with E-state index in [1.807, 2.05) is 49.3 Å². The van der Waals surface area contributed by atoms with E-state index in [9.17, 15) is 9.18 Å². The van der Waals surface area contributed by atoms with Gasteiger partial charge in [0, 0.05) is 44.2 Å². The first-order valence-corrected chi connectivity index (χ1v) is 13.4. The molecule has 202 valence electrons. The number of nitrogens with one attached hydrogen (secondary N) is 2. The normalized spacial score (nSPS) is 14.4. The number of rotatable bonds is 8. The number of piperidine rings is 1. The molecule has 5 rings (SSSR count). The van der Waals surface area contributed by atoms with E-state index in [2.05, 4.69) is 45.6 Å². The molecule has 2 heterocycles. The van der Waals surface area contributed by atoms with Crippen LogP contribution in [-0.4, -0.2) is 48.0 Å². The molecular weight excluding hydrogens is 491 g/mol. The maximum Gasteiger partial charge on any atom is 0.227 e. The van der Waals surface area contributed by atoms with Gasteiger partial charge in [-0.15, -0.1) is 0 Å². The predicted octanol–water partition coefficient (Wildman–Crippen LogP) is 5.61. The van der Waals surface area contributed by atoms with Crippen LogP contribution in [-0.2, 0) is 17.9 Å². The van der Waals surface area contributed by atoms with Crippen LogP contribution in [0.4, 0.5) is 21.8 Å². The van der Waals surface area contributed by atoms with Crippen molar-refractivity contribution in [2.45, 2.75) is 32.9 Å². The first kappa shape index (κ1) is 26.6. The number of halogens is 1. The second-order valence-corrected chi connectivity index (χ2v) is 10.5. The number of fused-ring (bicyclic) bond motifs is 1. The Bertz CT molecular complexity index is 1450. The van der Waals surface area contributed by atoms with Crippen molar-refractivity contribution in [3.63, 3.8) is 0 Å². The number of aromatic nitrogens is 2. The number of carbonyl (C=O) groups excluding carboxylic acids is 1. The van der Waals surface area contributed by atoms with Crippen molar-refractivity contribution in [1.29, 1.82) is 0 Å². The number of benzene rings is 3. The fourth-order valence-corrected chi connectivity index (χ4v) is 4.94. The molecule has 1 saturated heterocycles. The SMILES string of the molecule is Cc1ccc2c(NCc3ccc(NC(=O)C4CCN(Cc5cccc(F)c5)CC4)cc3)nc(N(C)C)nc2c1. The zero-order chi connectivity index (χ0) is 27.4. The van der Waals surface area contributed by atoms with Crippen LogP contribution >= 0.6 is 0 Å². The molecule has 2 N–H and O–H groups in total. The summed E-state index contributed by atoms with van der Waals surface area (Å²) in [7, 11) is 3.87. The number of nitrogens with zero attached hydrogens (tertiary/aromatic N) is 4. The smallest absolute Gasteiger partial charge is 0.227 e. The third kappa shape index (κ3) is 6.70. The van der Waals surface area contributed by atoms with Gasteiger partial charge in [0.1, 0.15) is 11.6 Å². The average Bonchev–Trinajstić information content (AvgIpc) is 2.92. The molecule has 0 atom stereocenters. The van der Waals surface area contributed by atoms with Gasteiger partial charge in [-0.1, -0.05) is 30.3 Å². The molecule has 0 radical (unpaired) electrons. The quantitative estimate of drug-likeness (QED) is 0.311. The Morgan fingerprint density at radius 2 is 1.77 bits per heavy atom. The summed E-state index contributed by atoms with van der Waals surface area (Å²) in [6.45, 7) is 5.02. The summed E-state index contributed by atoms with van der Waals surface area (Å²) < 4.78 is 13.5. The first-order chi connectivity index (χ1) is 18.8. The fraction of sp³-hybridized carbons (Fsp3) is 0.323. The topological polar surface area (TPSA) is 73.4 Å². The lowest BCUT2D eigenvalue weighted by Gasteiger charge is -2.31. The highest BCUT2D eigenvalue weighted by atomic mass is 19.1. The second-order valence-electron chi connectivity index (χ2n) is 10.5. The van der Waals surface area contributed by atoms with Gasteiger partial charge in [0.25, 0.3) is 0 Å². The molecule has 4 aromatic rings. The molecular formula is C31H35FN6O. The van der Waals surface area contributed by atoms with Crippen molar-refractivity contribution in [2.24, 2.45) is 5.92 Å². The number of hydrogen-bond donors (Lipinski definition) is 2. The Morgan fingerprint density at radius 1 is 1.00 bits per heavy atom.